The topological polar surface area (TPSA) is 23.5 Å². The van der Waals surface area contributed by atoms with Gasteiger partial charge in [-0.25, -0.2) is 8.78 Å². The number of rotatable bonds is 7. The second-order valence-electron chi connectivity index (χ2n) is 6.13. The summed E-state index contributed by atoms with van der Waals surface area (Å²) in [6.07, 6.45) is 2.13. The molecule has 0 spiro atoms. The Hall–Kier alpha value is -1.00. The van der Waals surface area contributed by atoms with Crippen molar-refractivity contribution in [3.63, 3.8) is 0 Å². The molecule has 1 atom stereocenters. The second kappa shape index (κ2) is 6.64. The lowest BCUT2D eigenvalue weighted by molar-refractivity contribution is 0.133. The summed E-state index contributed by atoms with van der Waals surface area (Å²) in [4.78, 5) is 2.38. The smallest absolute Gasteiger partial charge is 0.126 e. The van der Waals surface area contributed by atoms with Gasteiger partial charge in [0.2, 0.25) is 0 Å². The van der Waals surface area contributed by atoms with Crippen LogP contribution in [0.5, 0.6) is 0 Å². The minimum atomic E-state index is -0.811. The van der Waals surface area contributed by atoms with Crippen molar-refractivity contribution in [3.05, 3.63) is 35.4 Å². The summed E-state index contributed by atoms with van der Waals surface area (Å²) in [6, 6.07) is 3.87. The number of nitrogens with zero attached hydrogens (tertiary/aromatic N) is 1. The molecule has 0 radical (unpaired) electrons. The molecule has 1 aromatic rings. The van der Waals surface area contributed by atoms with Gasteiger partial charge in [-0.1, -0.05) is 13.8 Å². The molecule has 112 valence electrons. The normalized spacial score (nSPS) is 16.9. The molecule has 0 amide bonds. The third-order valence-electron chi connectivity index (χ3n) is 3.62. The van der Waals surface area contributed by atoms with Gasteiger partial charge in [0.25, 0.3) is 0 Å². The molecular weight excluding hydrogens is 260 g/mol. The van der Waals surface area contributed by atoms with Crippen molar-refractivity contribution in [2.75, 3.05) is 13.1 Å². The van der Waals surface area contributed by atoms with Crippen molar-refractivity contribution >= 4 is 0 Å². The monoisotopic (exact) mass is 283 g/mol. The first-order valence-electron chi connectivity index (χ1n) is 7.34. The number of aliphatic hydroxyl groups excluding tert-OH is 1. The van der Waals surface area contributed by atoms with Gasteiger partial charge < -0.3 is 10.0 Å². The Balaban J connectivity index is 1.91. The Bertz CT molecular complexity index is 426. The van der Waals surface area contributed by atoms with Gasteiger partial charge in [-0.2, -0.15) is 0 Å². The maximum absolute atomic E-state index is 13.1. The molecule has 0 bridgehead atoms. The molecule has 2 rings (SSSR count). The fourth-order valence-electron chi connectivity index (χ4n) is 2.55. The van der Waals surface area contributed by atoms with E-state index in [1.54, 1.807) is 0 Å². The Labute approximate surface area is 119 Å². The molecule has 0 heterocycles. The number of hydrogen-bond acceptors (Lipinski definition) is 2. The van der Waals surface area contributed by atoms with Crippen LogP contribution < -0.4 is 0 Å². The largest absolute Gasteiger partial charge is 0.388 e. The number of benzene rings is 1. The third-order valence-corrected chi connectivity index (χ3v) is 3.62. The van der Waals surface area contributed by atoms with Crippen molar-refractivity contribution in [2.24, 2.45) is 5.92 Å². The molecule has 4 heteroatoms. The molecule has 1 aromatic carbocycles. The van der Waals surface area contributed by atoms with Crippen LogP contribution in [0.3, 0.4) is 0 Å². The Kier molecular flexibility index (Phi) is 5.11. The van der Waals surface area contributed by atoms with Gasteiger partial charge in [-0.3, -0.25) is 0 Å². The van der Waals surface area contributed by atoms with Gasteiger partial charge in [-0.05, 0) is 42.9 Å². The Morgan fingerprint density at radius 2 is 1.80 bits per heavy atom. The summed E-state index contributed by atoms with van der Waals surface area (Å²) >= 11 is 0. The maximum Gasteiger partial charge on any atom is 0.126 e. The van der Waals surface area contributed by atoms with E-state index in [0.717, 1.165) is 19.2 Å². The fraction of sp³-hybridized carbons (Fsp3) is 0.625. The molecular formula is C16H23F2NO. The van der Waals surface area contributed by atoms with Crippen LogP contribution in [0.15, 0.2) is 18.2 Å². The summed E-state index contributed by atoms with van der Waals surface area (Å²) in [6.45, 7) is 6.12. The number of aliphatic hydroxyl groups is 1. The predicted octanol–water partition coefficient (Wildman–Crippen LogP) is 3.51. The average Bonchev–Trinajstić information content (AvgIpc) is 3.16. The third kappa shape index (κ3) is 4.53. The molecule has 1 N–H and O–H groups in total. The zero-order valence-electron chi connectivity index (χ0n) is 12.1. The molecule has 1 saturated carbocycles. The minimum Gasteiger partial charge on any atom is -0.388 e. The van der Waals surface area contributed by atoms with Crippen molar-refractivity contribution in [1.82, 2.24) is 4.90 Å². The zero-order chi connectivity index (χ0) is 14.7. The van der Waals surface area contributed by atoms with Crippen LogP contribution in [0.25, 0.3) is 0 Å². The number of hydrogen-bond donors (Lipinski definition) is 1. The van der Waals surface area contributed by atoms with Crippen LogP contribution in [0.1, 0.15) is 44.8 Å². The fourth-order valence-corrected chi connectivity index (χ4v) is 2.55. The molecule has 2 nitrogen and oxygen atoms in total. The first-order chi connectivity index (χ1) is 9.45. The second-order valence-corrected chi connectivity index (χ2v) is 6.13. The van der Waals surface area contributed by atoms with Crippen LogP contribution in [0.2, 0.25) is 0 Å². The summed E-state index contributed by atoms with van der Waals surface area (Å²) in [5.41, 5.74) is 0.322. The highest BCUT2D eigenvalue weighted by molar-refractivity contribution is 5.20. The van der Waals surface area contributed by atoms with Gasteiger partial charge in [0, 0.05) is 25.2 Å². The van der Waals surface area contributed by atoms with Crippen molar-refractivity contribution in [3.8, 4) is 0 Å². The van der Waals surface area contributed by atoms with Gasteiger partial charge in [0.1, 0.15) is 11.6 Å². The van der Waals surface area contributed by atoms with E-state index in [-0.39, 0.29) is 0 Å². The first-order valence-corrected chi connectivity index (χ1v) is 7.34. The lowest BCUT2D eigenvalue weighted by Crippen LogP contribution is -2.31. The summed E-state index contributed by atoms with van der Waals surface area (Å²) < 4.78 is 26.3. The van der Waals surface area contributed by atoms with Crippen LogP contribution in [0.4, 0.5) is 8.78 Å². The Morgan fingerprint density at radius 3 is 2.30 bits per heavy atom. The van der Waals surface area contributed by atoms with Gasteiger partial charge in [0.15, 0.2) is 0 Å². The predicted molar refractivity (Wildman–Crippen MR) is 75.4 cm³/mol. The van der Waals surface area contributed by atoms with Gasteiger partial charge >= 0.3 is 0 Å². The van der Waals surface area contributed by atoms with E-state index in [2.05, 4.69) is 18.7 Å². The summed E-state index contributed by atoms with van der Waals surface area (Å²) in [5, 5.41) is 10.1. The van der Waals surface area contributed by atoms with E-state index in [4.69, 9.17) is 0 Å². The van der Waals surface area contributed by atoms with E-state index in [1.165, 1.54) is 25.0 Å². The van der Waals surface area contributed by atoms with Gasteiger partial charge in [-0.15, -0.1) is 0 Å². The van der Waals surface area contributed by atoms with Crippen LogP contribution in [-0.4, -0.2) is 29.1 Å². The van der Waals surface area contributed by atoms with Crippen LogP contribution in [0, 0.1) is 17.6 Å². The van der Waals surface area contributed by atoms with E-state index >= 15 is 0 Å². The average molecular weight is 283 g/mol. The van der Waals surface area contributed by atoms with E-state index < -0.39 is 17.7 Å². The molecule has 20 heavy (non-hydrogen) atoms. The van der Waals surface area contributed by atoms with Crippen LogP contribution in [-0.2, 0) is 0 Å². The highest BCUT2D eigenvalue weighted by Gasteiger charge is 2.29. The van der Waals surface area contributed by atoms with Crippen LogP contribution >= 0.6 is 0 Å². The molecule has 1 unspecified atom stereocenters. The lowest BCUT2D eigenvalue weighted by atomic mass is 10.1. The van der Waals surface area contributed by atoms with E-state index in [9.17, 15) is 13.9 Å². The molecule has 1 aliphatic rings. The Morgan fingerprint density at radius 1 is 1.20 bits per heavy atom. The zero-order valence-corrected chi connectivity index (χ0v) is 12.1. The molecule has 0 saturated heterocycles. The van der Waals surface area contributed by atoms with Crippen molar-refractivity contribution < 1.29 is 13.9 Å². The van der Waals surface area contributed by atoms with Gasteiger partial charge in [0.05, 0.1) is 6.10 Å². The van der Waals surface area contributed by atoms with E-state index in [1.807, 2.05) is 0 Å². The minimum absolute atomic E-state index is 0.322. The number of halogens is 2. The highest BCUT2D eigenvalue weighted by atomic mass is 19.1. The van der Waals surface area contributed by atoms with Crippen molar-refractivity contribution in [2.45, 2.75) is 45.3 Å². The maximum atomic E-state index is 13.1. The molecule has 0 aromatic heterocycles. The standard InChI is InChI=1S/C16H23F2NO/c1-11(2)10-19(15-3-4-15)6-5-16(20)12-7-13(17)9-14(18)8-12/h7-9,11,15-16,20H,3-6,10H2,1-2H3. The molecule has 1 fully saturated rings. The first kappa shape index (κ1) is 15.4. The summed E-state index contributed by atoms with van der Waals surface area (Å²) in [7, 11) is 0. The van der Waals surface area contributed by atoms with E-state index in [0.29, 0.717) is 23.9 Å². The quantitative estimate of drug-likeness (QED) is 0.828. The molecule has 1 aliphatic carbocycles. The lowest BCUT2D eigenvalue weighted by Gasteiger charge is -2.25. The molecule has 0 aliphatic heterocycles. The van der Waals surface area contributed by atoms with Crippen molar-refractivity contribution in [1.29, 1.82) is 0 Å². The summed E-state index contributed by atoms with van der Waals surface area (Å²) in [5.74, 6) is -0.695. The SMILES string of the molecule is CC(C)CN(CCC(O)c1cc(F)cc(F)c1)C1CC1. The highest BCUT2D eigenvalue weighted by Crippen LogP contribution is 2.29.